The highest BCUT2D eigenvalue weighted by Gasteiger charge is 2.20. The molecule has 1 N–H and O–H groups in total. The molecule has 0 aromatic carbocycles. The van der Waals surface area contributed by atoms with Crippen molar-refractivity contribution in [3.8, 4) is 6.07 Å². The average molecular weight is 270 g/mol. The Hall–Kier alpha value is -0.630. The van der Waals surface area contributed by atoms with Gasteiger partial charge >= 0.3 is 0 Å². The van der Waals surface area contributed by atoms with E-state index >= 15 is 0 Å². The Bertz CT molecular complexity index is 391. The Kier molecular flexibility index (Phi) is 4.78. The van der Waals surface area contributed by atoms with E-state index in [2.05, 4.69) is 16.4 Å². The van der Waals surface area contributed by atoms with Gasteiger partial charge in [0.05, 0.1) is 12.3 Å². The minimum atomic E-state index is -0.310. The van der Waals surface area contributed by atoms with Gasteiger partial charge in [0, 0.05) is 6.04 Å². The smallest absolute Gasteiger partial charge is 0.148 e. The monoisotopic (exact) mass is 269 g/mol. The van der Waals surface area contributed by atoms with Gasteiger partial charge in [0.1, 0.15) is 15.4 Å². The van der Waals surface area contributed by atoms with Crippen LogP contribution in [0, 0.1) is 11.3 Å². The van der Waals surface area contributed by atoms with Crippen molar-refractivity contribution >= 4 is 22.9 Å². The number of rotatable bonds is 3. The Labute approximate surface area is 111 Å². The number of nitrogens with zero attached hydrogens (tertiary/aromatic N) is 2. The number of nitriles is 1. The van der Waals surface area contributed by atoms with Gasteiger partial charge in [-0.1, -0.05) is 37.3 Å². The minimum absolute atomic E-state index is 0.310. The standard InChI is InChI=1S/C12H16ClN3S/c13-11-8-15-12(17-11)10(7-14)16-9-5-3-1-2-4-6-9/h8-10,16H,1-6H2. The largest absolute Gasteiger partial charge is 0.293 e. The van der Waals surface area contributed by atoms with Crippen LogP contribution in [-0.2, 0) is 0 Å². The van der Waals surface area contributed by atoms with Gasteiger partial charge in [-0.15, -0.1) is 11.3 Å². The summed E-state index contributed by atoms with van der Waals surface area (Å²) in [4.78, 5) is 4.18. The molecule has 1 aromatic heterocycles. The number of hydrogen-bond acceptors (Lipinski definition) is 4. The van der Waals surface area contributed by atoms with Crippen LogP contribution in [0.4, 0.5) is 0 Å². The molecule has 0 spiro atoms. The van der Waals surface area contributed by atoms with E-state index in [-0.39, 0.29) is 6.04 Å². The Morgan fingerprint density at radius 1 is 1.41 bits per heavy atom. The zero-order valence-electron chi connectivity index (χ0n) is 9.66. The summed E-state index contributed by atoms with van der Waals surface area (Å²) in [5.41, 5.74) is 0. The highest BCUT2D eigenvalue weighted by Crippen LogP contribution is 2.26. The maximum Gasteiger partial charge on any atom is 0.148 e. The van der Waals surface area contributed by atoms with Crippen LogP contribution >= 0.6 is 22.9 Å². The summed E-state index contributed by atoms with van der Waals surface area (Å²) >= 11 is 7.23. The molecule has 2 rings (SSSR count). The fourth-order valence-electron chi connectivity index (χ4n) is 2.25. The van der Waals surface area contributed by atoms with E-state index in [0.717, 1.165) is 17.8 Å². The van der Waals surface area contributed by atoms with Crippen molar-refractivity contribution < 1.29 is 0 Å². The zero-order valence-corrected chi connectivity index (χ0v) is 11.2. The Morgan fingerprint density at radius 2 is 2.12 bits per heavy atom. The van der Waals surface area contributed by atoms with Crippen molar-refractivity contribution in [1.82, 2.24) is 10.3 Å². The fourth-order valence-corrected chi connectivity index (χ4v) is 3.18. The minimum Gasteiger partial charge on any atom is -0.293 e. The highest BCUT2D eigenvalue weighted by molar-refractivity contribution is 7.15. The van der Waals surface area contributed by atoms with Crippen molar-refractivity contribution in [3.05, 3.63) is 15.5 Å². The van der Waals surface area contributed by atoms with Crippen molar-refractivity contribution in [2.24, 2.45) is 0 Å². The molecule has 0 aliphatic heterocycles. The molecule has 0 bridgehead atoms. The quantitative estimate of drug-likeness (QED) is 0.852. The van der Waals surface area contributed by atoms with Crippen LogP contribution in [0.2, 0.25) is 4.34 Å². The summed E-state index contributed by atoms with van der Waals surface area (Å²) in [6, 6.07) is 2.42. The van der Waals surface area contributed by atoms with E-state index in [4.69, 9.17) is 11.6 Å². The molecule has 0 saturated heterocycles. The summed E-state index contributed by atoms with van der Waals surface area (Å²) in [5.74, 6) is 0. The third kappa shape index (κ3) is 3.67. The van der Waals surface area contributed by atoms with Gasteiger partial charge in [-0.25, -0.2) is 4.98 Å². The summed E-state index contributed by atoms with van der Waals surface area (Å²) < 4.78 is 0.642. The van der Waals surface area contributed by atoms with Gasteiger partial charge in [-0.05, 0) is 12.8 Å². The molecule has 92 valence electrons. The van der Waals surface area contributed by atoms with E-state index in [1.165, 1.54) is 37.0 Å². The third-order valence-electron chi connectivity index (χ3n) is 3.13. The van der Waals surface area contributed by atoms with Crippen LogP contribution in [0.1, 0.15) is 49.6 Å². The lowest BCUT2D eigenvalue weighted by molar-refractivity contribution is 0.436. The van der Waals surface area contributed by atoms with Crippen LogP contribution < -0.4 is 5.32 Å². The van der Waals surface area contributed by atoms with Gasteiger partial charge in [0.25, 0.3) is 0 Å². The predicted octanol–water partition coefficient (Wildman–Crippen LogP) is 3.67. The summed E-state index contributed by atoms with van der Waals surface area (Å²) in [7, 11) is 0. The van der Waals surface area contributed by atoms with Crippen LogP contribution in [0.15, 0.2) is 6.20 Å². The van der Waals surface area contributed by atoms with Gasteiger partial charge in [0.15, 0.2) is 0 Å². The van der Waals surface area contributed by atoms with Crippen molar-refractivity contribution in [3.63, 3.8) is 0 Å². The van der Waals surface area contributed by atoms with Crippen LogP contribution in [0.25, 0.3) is 0 Å². The second-order valence-electron chi connectivity index (χ2n) is 4.42. The number of nitrogens with one attached hydrogen (secondary N) is 1. The normalized spacial score (nSPS) is 19.5. The maximum atomic E-state index is 9.20. The van der Waals surface area contributed by atoms with Crippen LogP contribution in [0.5, 0.6) is 0 Å². The first kappa shape index (κ1) is 12.8. The lowest BCUT2D eigenvalue weighted by atomic mass is 10.1. The predicted molar refractivity (Wildman–Crippen MR) is 70.1 cm³/mol. The number of aromatic nitrogens is 1. The van der Waals surface area contributed by atoms with Gasteiger partial charge in [0.2, 0.25) is 0 Å². The number of halogens is 1. The molecule has 0 radical (unpaired) electrons. The van der Waals surface area contributed by atoms with E-state index in [1.54, 1.807) is 6.20 Å². The first-order valence-corrected chi connectivity index (χ1v) is 7.26. The topological polar surface area (TPSA) is 48.7 Å². The molecule has 1 atom stereocenters. The van der Waals surface area contributed by atoms with Crippen LogP contribution in [0.3, 0.4) is 0 Å². The molecule has 1 aliphatic carbocycles. The van der Waals surface area contributed by atoms with Crippen LogP contribution in [-0.4, -0.2) is 11.0 Å². The molecule has 5 heteroatoms. The molecule has 17 heavy (non-hydrogen) atoms. The molecule has 0 amide bonds. The van der Waals surface area contributed by atoms with Crippen molar-refractivity contribution in [2.45, 2.75) is 50.6 Å². The number of hydrogen-bond donors (Lipinski definition) is 1. The summed E-state index contributed by atoms with van der Waals surface area (Å²) in [6.45, 7) is 0. The Morgan fingerprint density at radius 3 is 2.65 bits per heavy atom. The first-order valence-electron chi connectivity index (χ1n) is 6.06. The van der Waals surface area contributed by atoms with E-state index in [0.29, 0.717) is 10.4 Å². The third-order valence-corrected chi connectivity index (χ3v) is 4.31. The molecular weight excluding hydrogens is 254 g/mol. The molecule has 1 aromatic rings. The van der Waals surface area contributed by atoms with E-state index in [1.807, 2.05) is 0 Å². The maximum absolute atomic E-state index is 9.20. The lowest BCUT2D eigenvalue weighted by Crippen LogP contribution is -2.31. The SMILES string of the molecule is N#CC(NC1CCCCCC1)c1ncc(Cl)s1. The Balaban J connectivity index is 1.97. The zero-order chi connectivity index (χ0) is 12.1. The fraction of sp³-hybridized carbons (Fsp3) is 0.667. The average Bonchev–Trinajstić information content (AvgIpc) is 2.62. The van der Waals surface area contributed by atoms with Gasteiger partial charge in [-0.2, -0.15) is 5.26 Å². The molecule has 1 unspecified atom stereocenters. The lowest BCUT2D eigenvalue weighted by Gasteiger charge is -2.18. The molecule has 1 saturated carbocycles. The summed E-state index contributed by atoms with van der Waals surface area (Å²) in [5, 5.41) is 13.4. The molecular formula is C12H16ClN3S. The molecule has 1 aliphatic rings. The van der Waals surface area contributed by atoms with Gasteiger partial charge < -0.3 is 0 Å². The first-order chi connectivity index (χ1) is 8.29. The molecule has 1 fully saturated rings. The van der Waals surface area contributed by atoms with Gasteiger partial charge in [-0.3, -0.25) is 5.32 Å². The second kappa shape index (κ2) is 6.34. The number of thiazole rings is 1. The molecule has 3 nitrogen and oxygen atoms in total. The van der Waals surface area contributed by atoms with Crippen molar-refractivity contribution in [1.29, 1.82) is 5.26 Å². The molecule has 1 heterocycles. The van der Waals surface area contributed by atoms with E-state index < -0.39 is 0 Å². The van der Waals surface area contributed by atoms with Crippen molar-refractivity contribution in [2.75, 3.05) is 0 Å². The summed E-state index contributed by atoms with van der Waals surface area (Å²) in [6.07, 6.45) is 9.09. The second-order valence-corrected chi connectivity index (χ2v) is 6.11. The van der Waals surface area contributed by atoms with E-state index in [9.17, 15) is 5.26 Å². The highest BCUT2D eigenvalue weighted by atomic mass is 35.5.